The third-order valence-electron chi connectivity index (χ3n) is 2.50. The van der Waals surface area contributed by atoms with Gasteiger partial charge in [0.05, 0.1) is 0 Å². The van der Waals surface area contributed by atoms with Crippen molar-refractivity contribution in [1.82, 2.24) is 0 Å². The second-order valence-corrected chi connectivity index (χ2v) is 5.12. The minimum atomic E-state index is 0.432. The monoisotopic (exact) mass is 262 g/mol. The third kappa shape index (κ3) is 3.05. The zero-order chi connectivity index (χ0) is 12.3. The molecule has 1 heterocycles. The molecule has 0 amide bonds. The summed E-state index contributed by atoms with van der Waals surface area (Å²) in [4.78, 5) is 0.432. The lowest BCUT2D eigenvalue weighted by atomic mass is 10.1. The average molecular weight is 262 g/mol. The lowest BCUT2D eigenvalue weighted by Gasteiger charge is -2.11. The molecule has 1 aromatic carbocycles. The molecule has 0 unspecified atom stereocenters. The van der Waals surface area contributed by atoms with E-state index in [0.717, 1.165) is 23.4 Å². The van der Waals surface area contributed by atoms with Crippen LogP contribution in [0.3, 0.4) is 0 Å². The summed E-state index contributed by atoms with van der Waals surface area (Å²) in [5, 5.41) is 7.56. The van der Waals surface area contributed by atoms with Crippen molar-refractivity contribution in [2.45, 2.75) is 13.5 Å². The average Bonchev–Trinajstić information content (AvgIpc) is 2.80. The topological polar surface area (TPSA) is 38.0 Å². The van der Waals surface area contributed by atoms with Crippen LogP contribution >= 0.6 is 23.6 Å². The molecule has 0 spiro atoms. The standard InChI is InChI=1S/C13H14N2S2/c1-9-2-3-12(11(6-9)13(14)16)15-7-10-4-5-17-8-10/h2-6,8,15H,7H2,1H3,(H2,14,16). The minimum Gasteiger partial charge on any atom is -0.389 e. The number of hydrogen-bond acceptors (Lipinski definition) is 3. The number of thiophene rings is 1. The molecular formula is C13H14N2S2. The molecule has 0 fully saturated rings. The minimum absolute atomic E-state index is 0.432. The van der Waals surface area contributed by atoms with Crippen molar-refractivity contribution >= 4 is 34.2 Å². The molecule has 17 heavy (non-hydrogen) atoms. The summed E-state index contributed by atoms with van der Waals surface area (Å²) in [6.45, 7) is 2.83. The van der Waals surface area contributed by atoms with Crippen LogP contribution in [-0.2, 0) is 6.54 Å². The van der Waals surface area contributed by atoms with Gasteiger partial charge in [-0.3, -0.25) is 0 Å². The van der Waals surface area contributed by atoms with E-state index in [0.29, 0.717) is 4.99 Å². The number of anilines is 1. The van der Waals surface area contributed by atoms with Gasteiger partial charge in [-0.15, -0.1) is 0 Å². The van der Waals surface area contributed by atoms with Crippen molar-refractivity contribution in [3.05, 3.63) is 51.7 Å². The van der Waals surface area contributed by atoms with Gasteiger partial charge in [0.15, 0.2) is 0 Å². The first-order valence-electron chi connectivity index (χ1n) is 5.32. The van der Waals surface area contributed by atoms with E-state index in [1.807, 2.05) is 19.1 Å². The fourth-order valence-electron chi connectivity index (χ4n) is 1.61. The molecule has 0 aliphatic carbocycles. The van der Waals surface area contributed by atoms with E-state index in [9.17, 15) is 0 Å². The highest BCUT2D eigenvalue weighted by Crippen LogP contribution is 2.18. The number of hydrogen-bond donors (Lipinski definition) is 2. The summed E-state index contributed by atoms with van der Waals surface area (Å²) in [6.07, 6.45) is 0. The van der Waals surface area contributed by atoms with Crippen LogP contribution in [0.2, 0.25) is 0 Å². The largest absolute Gasteiger partial charge is 0.389 e. The van der Waals surface area contributed by atoms with E-state index in [1.54, 1.807) is 11.3 Å². The molecule has 0 bridgehead atoms. The van der Waals surface area contributed by atoms with Gasteiger partial charge in [-0.1, -0.05) is 23.8 Å². The van der Waals surface area contributed by atoms with Crippen molar-refractivity contribution in [3.8, 4) is 0 Å². The van der Waals surface area contributed by atoms with Crippen LogP contribution in [0, 0.1) is 6.92 Å². The normalized spacial score (nSPS) is 10.2. The quantitative estimate of drug-likeness (QED) is 0.830. The number of thiocarbonyl (C=S) groups is 1. The Morgan fingerprint density at radius 1 is 1.41 bits per heavy atom. The molecule has 2 rings (SSSR count). The fraction of sp³-hybridized carbons (Fsp3) is 0.154. The van der Waals surface area contributed by atoms with Crippen LogP contribution in [0.1, 0.15) is 16.7 Å². The van der Waals surface area contributed by atoms with Gasteiger partial charge in [0, 0.05) is 17.8 Å². The number of benzene rings is 1. The van der Waals surface area contributed by atoms with Gasteiger partial charge < -0.3 is 11.1 Å². The Kier molecular flexibility index (Phi) is 3.76. The van der Waals surface area contributed by atoms with E-state index in [1.165, 1.54) is 5.56 Å². The van der Waals surface area contributed by atoms with Crippen molar-refractivity contribution in [2.75, 3.05) is 5.32 Å². The van der Waals surface area contributed by atoms with Crippen LogP contribution in [-0.4, -0.2) is 4.99 Å². The molecule has 0 saturated heterocycles. The summed E-state index contributed by atoms with van der Waals surface area (Å²) in [5.41, 5.74) is 10.1. The van der Waals surface area contributed by atoms with Crippen molar-refractivity contribution in [2.24, 2.45) is 5.73 Å². The second-order valence-electron chi connectivity index (χ2n) is 3.90. The van der Waals surface area contributed by atoms with Crippen LogP contribution in [0.4, 0.5) is 5.69 Å². The maximum absolute atomic E-state index is 5.73. The molecule has 0 radical (unpaired) electrons. The van der Waals surface area contributed by atoms with Crippen molar-refractivity contribution < 1.29 is 0 Å². The van der Waals surface area contributed by atoms with Crippen molar-refractivity contribution in [1.29, 1.82) is 0 Å². The third-order valence-corrected chi connectivity index (χ3v) is 3.46. The predicted octanol–water partition coefficient (Wildman–Crippen LogP) is 3.30. The zero-order valence-corrected chi connectivity index (χ0v) is 11.2. The summed E-state index contributed by atoms with van der Waals surface area (Å²) in [6, 6.07) is 8.19. The Morgan fingerprint density at radius 2 is 2.24 bits per heavy atom. The number of aryl methyl sites for hydroxylation is 1. The molecule has 2 nitrogen and oxygen atoms in total. The van der Waals surface area contributed by atoms with Crippen molar-refractivity contribution in [3.63, 3.8) is 0 Å². The van der Waals surface area contributed by atoms with Gasteiger partial charge >= 0.3 is 0 Å². The maximum Gasteiger partial charge on any atom is 0.106 e. The molecule has 4 heteroatoms. The van der Waals surface area contributed by atoms with Gasteiger partial charge in [-0.2, -0.15) is 11.3 Å². The van der Waals surface area contributed by atoms with Gasteiger partial charge in [0.1, 0.15) is 4.99 Å². The first-order valence-corrected chi connectivity index (χ1v) is 6.67. The Balaban J connectivity index is 2.17. The molecule has 88 valence electrons. The summed E-state index contributed by atoms with van der Waals surface area (Å²) in [5.74, 6) is 0. The summed E-state index contributed by atoms with van der Waals surface area (Å²) < 4.78 is 0. The Labute approximate surface area is 110 Å². The van der Waals surface area contributed by atoms with Crippen LogP contribution in [0.15, 0.2) is 35.0 Å². The molecular weight excluding hydrogens is 248 g/mol. The van der Waals surface area contributed by atoms with E-state index in [2.05, 4.69) is 28.2 Å². The Bertz CT molecular complexity index is 518. The Morgan fingerprint density at radius 3 is 2.88 bits per heavy atom. The fourth-order valence-corrected chi connectivity index (χ4v) is 2.44. The maximum atomic E-state index is 5.73. The number of nitrogens with one attached hydrogen (secondary N) is 1. The molecule has 0 aliphatic heterocycles. The smallest absolute Gasteiger partial charge is 0.106 e. The second kappa shape index (κ2) is 5.29. The van der Waals surface area contributed by atoms with Gasteiger partial charge in [0.2, 0.25) is 0 Å². The molecule has 1 aromatic heterocycles. The Hall–Kier alpha value is -1.39. The summed E-state index contributed by atoms with van der Waals surface area (Å²) >= 11 is 6.76. The van der Waals surface area contributed by atoms with E-state index in [4.69, 9.17) is 18.0 Å². The first kappa shape index (κ1) is 12.1. The van der Waals surface area contributed by atoms with E-state index >= 15 is 0 Å². The lowest BCUT2D eigenvalue weighted by Crippen LogP contribution is -2.13. The zero-order valence-electron chi connectivity index (χ0n) is 9.57. The van der Waals surface area contributed by atoms with Crippen LogP contribution in [0.25, 0.3) is 0 Å². The highest BCUT2D eigenvalue weighted by atomic mass is 32.1. The van der Waals surface area contributed by atoms with Gasteiger partial charge in [-0.25, -0.2) is 0 Å². The molecule has 0 saturated carbocycles. The van der Waals surface area contributed by atoms with Gasteiger partial charge in [-0.05, 0) is 41.4 Å². The highest BCUT2D eigenvalue weighted by Gasteiger charge is 2.05. The summed E-state index contributed by atoms with van der Waals surface area (Å²) in [7, 11) is 0. The SMILES string of the molecule is Cc1ccc(NCc2ccsc2)c(C(N)=S)c1. The first-order chi connectivity index (χ1) is 8.16. The highest BCUT2D eigenvalue weighted by molar-refractivity contribution is 7.80. The number of nitrogens with two attached hydrogens (primary N) is 1. The molecule has 3 N–H and O–H groups in total. The lowest BCUT2D eigenvalue weighted by molar-refractivity contribution is 1.16. The molecule has 2 aromatic rings. The van der Waals surface area contributed by atoms with E-state index in [-0.39, 0.29) is 0 Å². The van der Waals surface area contributed by atoms with Crippen LogP contribution in [0.5, 0.6) is 0 Å². The molecule has 0 atom stereocenters. The predicted molar refractivity (Wildman–Crippen MR) is 78.7 cm³/mol. The van der Waals surface area contributed by atoms with Crippen LogP contribution < -0.4 is 11.1 Å². The number of rotatable bonds is 4. The van der Waals surface area contributed by atoms with E-state index < -0.39 is 0 Å². The van der Waals surface area contributed by atoms with Gasteiger partial charge in [0.25, 0.3) is 0 Å². The molecule has 0 aliphatic rings.